The number of benzene rings is 4. The molecule has 0 aliphatic rings. The highest BCUT2D eigenvalue weighted by Crippen LogP contribution is 2.23. The molecule has 0 atom stereocenters. The number of nitrogens with zero attached hydrogens (tertiary/aromatic N) is 2. The summed E-state index contributed by atoms with van der Waals surface area (Å²) in [5.41, 5.74) is 6.64. The van der Waals surface area contributed by atoms with Gasteiger partial charge in [-0.25, -0.2) is 4.79 Å². The lowest BCUT2D eigenvalue weighted by Crippen LogP contribution is -2.06. The Kier molecular flexibility index (Phi) is 13.4. The molecule has 4 rings (SSSR count). The van der Waals surface area contributed by atoms with Crippen molar-refractivity contribution in [1.29, 1.82) is 0 Å². The zero-order chi connectivity index (χ0) is 33.3. The molecule has 47 heavy (non-hydrogen) atoms. The van der Waals surface area contributed by atoms with Crippen LogP contribution in [-0.2, 0) is 9.53 Å². The first-order chi connectivity index (χ1) is 22.9. The monoisotopic (exact) mass is 624 g/mol. The molecular weight excluding hydrogens is 584 g/mol. The van der Waals surface area contributed by atoms with Crippen LogP contribution < -0.4 is 9.47 Å². The molecule has 0 unspecified atom stereocenters. The van der Waals surface area contributed by atoms with Gasteiger partial charge in [-0.05, 0) is 143 Å². The van der Waals surface area contributed by atoms with Gasteiger partial charge in [0.1, 0.15) is 11.5 Å². The zero-order valence-corrected chi connectivity index (χ0v) is 27.3. The number of carbonyl (C=O) groups excluding carboxylic acids is 1. The minimum absolute atomic E-state index is 0.324. The van der Waals surface area contributed by atoms with Crippen molar-refractivity contribution in [3.8, 4) is 35.2 Å². The highest BCUT2D eigenvalue weighted by Gasteiger charge is 2.02. The molecule has 0 N–H and O–H groups in total. The van der Waals surface area contributed by atoms with Crippen LogP contribution in [0.3, 0.4) is 0 Å². The summed E-state index contributed by atoms with van der Waals surface area (Å²) in [6.07, 6.45) is 3.79. The van der Waals surface area contributed by atoms with E-state index in [9.17, 15) is 4.79 Å². The fourth-order valence-corrected chi connectivity index (χ4v) is 4.33. The molecule has 6 heteroatoms. The average molecular weight is 625 g/mol. The summed E-state index contributed by atoms with van der Waals surface area (Å²) < 4.78 is 16.4. The predicted molar refractivity (Wildman–Crippen MR) is 188 cm³/mol. The van der Waals surface area contributed by atoms with Gasteiger partial charge < -0.3 is 14.2 Å². The first-order valence-corrected chi connectivity index (χ1v) is 15.8. The van der Waals surface area contributed by atoms with Gasteiger partial charge in [-0.15, -0.1) is 0 Å². The van der Waals surface area contributed by atoms with Crippen LogP contribution in [0.5, 0.6) is 11.5 Å². The van der Waals surface area contributed by atoms with Crippen LogP contribution in [0.15, 0.2) is 113 Å². The summed E-state index contributed by atoms with van der Waals surface area (Å²) in [5, 5.41) is 8.85. The highest BCUT2D eigenvalue weighted by molar-refractivity contribution is 5.86. The number of carbonyl (C=O) groups is 1. The Morgan fingerprint density at radius 3 is 1.72 bits per heavy atom. The first-order valence-electron chi connectivity index (χ1n) is 15.8. The average Bonchev–Trinajstić information content (AvgIpc) is 3.08. The predicted octanol–water partition coefficient (Wildman–Crippen LogP) is 9.67. The van der Waals surface area contributed by atoms with Crippen molar-refractivity contribution in [2.45, 2.75) is 46.5 Å². The molecule has 0 saturated heterocycles. The van der Waals surface area contributed by atoms with Gasteiger partial charge in [0.15, 0.2) is 0 Å². The van der Waals surface area contributed by atoms with Crippen LogP contribution in [0.4, 0.5) is 11.4 Å². The van der Waals surface area contributed by atoms with Crippen molar-refractivity contribution in [3.05, 3.63) is 131 Å². The maximum atomic E-state index is 11.4. The number of hydrogen-bond acceptors (Lipinski definition) is 6. The summed E-state index contributed by atoms with van der Waals surface area (Å²) >= 11 is 0. The maximum Gasteiger partial charge on any atom is 0.333 e. The fraction of sp³-hybridized carbons (Fsp3) is 0.244. The molecule has 0 radical (unpaired) electrons. The van der Waals surface area contributed by atoms with Gasteiger partial charge in [0, 0.05) is 27.8 Å². The van der Waals surface area contributed by atoms with Crippen molar-refractivity contribution in [3.63, 3.8) is 0 Å². The quantitative estimate of drug-likeness (QED) is 0.0488. The molecular formula is C41H40N2O4. The van der Waals surface area contributed by atoms with Crippen LogP contribution in [0, 0.1) is 30.6 Å². The van der Waals surface area contributed by atoms with E-state index in [1.54, 1.807) is 6.92 Å². The number of esters is 1. The van der Waals surface area contributed by atoms with E-state index >= 15 is 0 Å². The van der Waals surface area contributed by atoms with Gasteiger partial charge >= 0.3 is 5.97 Å². The fourth-order valence-electron chi connectivity index (χ4n) is 4.33. The minimum atomic E-state index is -0.324. The van der Waals surface area contributed by atoms with E-state index in [4.69, 9.17) is 14.2 Å². The Morgan fingerprint density at radius 1 is 0.660 bits per heavy atom. The highest BCUT2D eigenvalue weighted by atomic mass is 16.5. The van der Waals surface area contributed by atoms with Crippen LogP contribution in [0.2, 0.25) is 0 Å². The summed E-state index contributed by atoms with van der Waals surface area (Å²) in [4.78, 5) is 11.4. The summed E-state index contributed by atoms with van der Waals surface area (Å²) in [6, 6.07) is 29.2. The lowest BCUT2D eigenvalue weighted by atomic mass is 10.1. The Hall–Kier alpha value is -5.59. The van der Waals surface area contributed by atoms with Gasteiger partial charge in [-0.3, -0.25) is 0 Å². The molecule has 0 spiro atoms. The molecule has 4 aromatic rings. The normalized spacial score (nSPS) is 10.4. The SMILES string of the molecule is C=C(C)C(=O)OCCCCCCOc1ccc(C#Cc2ccc(N=Nc3ccc(C#Cc4ccc(OCC)cc4)cc3C)cc2)cc1. The van der Waals surface area contributed by atoms with Crippen LogP contribution in [0.25, 0.3) is 0 Å². The number of rotatable bonds is 13. The molecule has 0 aromatic heterocycles. The molecule has 0 aliphatic heterocycles. The van der Waals surface area contributed by atoms with Crippen molar-refractivity contribution in [1.82, 2.24) is 0 Å². The standard InChI is InChI=1S/C41H40N2O4/c1-5-45-38-23-16-35(17-24-38)12-13-36-20-27-40(32(4)30-36)43-42-37-21-14-33(15-22-37)10-11-34-18-25-39(26-19-34)46-28-8-6-7-9-29-47-41(44)31(2)3/h14-27,30H,2,5-9,28-29H2,1,3-4H3. The number of hydrogen-bond donors (Lipinski definition) is 0. The number of azo groups is 1. The van der Waals surface area contributed by atoms with E-state index in [1.807, 2.05) is 105 Å². The molecule has 0 bridgehead atoms. The van der Waals surface area contributed by atoms with E-state index in [1.165, 1.54) is 0 Å². The Labute approximate surface area is 278 Å². The van der Waals surface area contributed by atoms with Crippen LogP contribution >= 0.6 is 0 Å². The number of ether oxygens (including phenoxy) is 3. The van der Waals surface area contributed by atoms with E-state index < -0.39 is 0 Å². The minimum Gasteiger partial charge on any atom is -0.494 e. The summed E-state index contributed by atoms with van der Waals surface area (Å²) in [5.74, 6) is 14.2. The molecule has 4 aromatic carbocycles. The van der Waals surface area contributed by atoms with Crippen molar-refractivity contribution >= 4 is 17.3 Å². The van der Waals surface area contributed by atoms with Gasteiger partial charge in [0.05, 0.1) is 31.2 Å². The van der Waals surface area contributed by atoms with E-state index in [-0.39, 0.29) is 5.97 Å². The number of unbranched alkanes of at least 4 members (excludes halogenated alkanes) is 3. The second-order valence-corrected chi connectivity index (χ2v) is 10.9. The van der Waals surface area contributed by atoms with E-state index in [2.05, 4.69) is 40.5 Å². The molecule has 0 saturated carbocycles. The lowest BCUT2D eigenvalue weighted by molar-refractivity contribution is -0.139. The first kappa shape index (κ1) is 34.3. The second-order valence-electron chi connectivity index (χ2n) is 10.9. The van der Waals surface area contributed by atoms with Crippen molar-refractivity contribution in [2.24, 2.45) is 10.2 Å². The molecule has 238 valence electrons. The Bertz CT molecular complexity index is 1780. The van der Waals surface area contributed by atoms with Gasteiger partial charge in [-0.2, -0.15) is 10.2 Å². The van der Waals surface area contributed by atoms with E-state index in [0.717, 1.165) is 76.4 Å². The maximum absolute atomic E-state index is 11.4. The Morgan fingerprint density at radius 2 is 1.17 bits per heavy atom. The van der Waals surface area contributed by atoms with Crippen molar-refractivity contribution < 1.29 is 19.0 Å². The van der Waals surface area contributed by atoms with Gasteiger partial charge in [0.25, 0.3) is 0 Å². The van der Waals surface area contributed by atoms with Crippen molar-refractivity contribution in [2.75, 3.05) is 19.8 Å². The van der Waals surface area contributed by atoms with Gasteiger partial charge in [0.2, 0.25) is 0 Å². The molecule has 0 heterocycles. The van der Waals surface area contributed by atoms with Gasteiger partial charge in [-0.1, -0.05) is 30.3 Å². The zero-order valence-electron chi connectivity index (χ0n) is 27.3. The number of aryl methyl sites for hydroxylation is 1. The third-order valence-electron chi connectivity index (χ3n) is 6.95. The molecule has 0 fully saturated rings. The lowest BCUT2D eigenvalue weighted by Gasteiger charge is -2.07. The van der Waals surface area contributed by atoms with Crippen LogP contribution in [0.1, 0.15) is 67.3 Å². The second kappa shape index (κ2) is 18.4. The molecule has 0 aliphatic carbocycles. The largest absolute Gasteiger partial charge is 0.494 e. The third-order valence-corrected chi connectivity index (χ3v) is 6.95. The Balaban J connectivity index is 1.21. The molecule has 6 nitrogen and oxygen atoms in total. The third kappa shape index (κ3) is 12.0. The molecule has 0 amide bonds. The smallest absolute Gasteiger partial charge is 0.333 e. The topological polar surface area (TPSA) is 69.5 Å². The van der Waals surface area contributed by atoms with Crippen LogP contribution in [-0.4, -0.2) is 25.8 Å². The summed E-state index contributed by atoms with van der Waals surface area (Å²) in [7, 11) is 0. The summed E-state index contributed by atoms with van der Waals surface area (Å²) in [6.45, 7) is 10.9. The van der Waals surface area contributed by atoms with E-state index in [0.29, 0.717) is 25.4 Å².